The minimum absolute atomic E-state index is 0.500. The molecule has 3 nitrogen and oxygen atoms in total. The molecule has 0 fully saturated rings. The van der Waals surface area contributed by atoms with Gasteiger partial charge in [-0.05, 0) is 95.9 Å². The van der Waals surface area contributed by atoms with Crippen molar-refractivity contribution in [2.45, 2.75) is 318 Å². The fourth-order valence-corrected chi connectivity index (χ4v) is 3.86. The first kappa shape index (κ1) is 115. The highest BCUT2D eigenvalue weighted by Crippen LogP contribution is 2.15. The lowest BCUT2D eigenvalue weighted by Crippen LogP contribution is -1.93. The Bertz CT molecular complexity index is 2030. The molecule has 0 saturated heterocycles. The molecule has 0 aliphatic carbocycles. The Morgan fingerprint density at radius 1 is 0.155 bits per heavy atom. The summed E-state index contributed by atoms with van der Waals surface area (Å²) in [5.74, 6) is 0. The van der Waals surface area contributed by atoms with E-state index in [-0.39, 0.29) is 0 Å². The minimum atomic E-state index is 0.500. The summed E-state index contributed by atoms with van der Waals surface area (Å²) in [6, 6.07) is 58.6. The Labute approximate surface area is 612 Å². The Hall–Kier alpha value is -5.67. The molecule has 5 aromatic carbocycles. The van der Waals surface area contributed by atoms with Crippen molar-refractivity contribution >= 4 is 32.6 Å². The largest absolute Gasteiger partial charge is 0.265 e. The second kappa shape index (κ2) is 68.8. The predicted octanol–water partition coefficient (Wildman–Crippen LogP) is 33.7. The SMILES string of the molecule is CC.CC.CC.CC.CC.CC(C)(C)C.CC(C)(C)C.CC(C)(C)C.CC(C)(C)C.CC(C)(C)C.CC(C)(C)C.CC(C)(C)C.CC(C)(C)C.CC(C)(C)C.c1ccc2ccccc2c1.c1ccc2ncccc2c1.c1ccc2ncccc2c1.c1ccccc1.c1ccncc1. The number of benzene rings is 5. The Kier molecular flexibility index (Phi) is 82.0. The molecule has 0 N–H and O–H groups in total. The molecule has 3 heteroatoms. The van der Waals surface area contributed by atoms with E-state index in [0.717, 1.165) is 11.0 Å². The van der Waals surface area contributed by atoms with Gasteiger partial charge < -0.3 is 0 Å². The Morgan fingerprint density at radius 3 is 0.423 bits per heavy atom. The van der Waals surface area contributed by atoms with Crippen molar-refractivity contribution in [1.82, 2.24) is 15.0 Å². The van der Waals surface area contributed by atoms with Gasteiger partial charge in [0.1, 0.15) is 0 Å². The van der Waals surface area contributed by atoms with Crippen LogP contribution in [-0.4, -0.2) is 15.0 Å². The van der Waals surface area contributed by atoms with Gasteiger partial charge in [-0.2, -0.15) is 0 Å². The van der Waals surface area contributed by atoms with E-state index in [1.807, 2.05) is 185 Å². The van der Waals surface area contributed by atoms with Gasteiger partial charge in [0, 0.05) is 35.6 Å². The number of hydrogen-bond acceptors (Lipinski definition) is 3. The standard InChI is InChI=1S/C10H8.2C9H7N.C6H6.C5H5N.9C5H12.5C2H6/c1-2-6-10-8-4-3-7-9(10)5-1;2*1-2-6-9-8(4-1)5-3-7-10-9;2*1-2-4-6-5-3-1;9*1-5(2,3)4;5*1-2/h1-8H;2*1-7H;1-6H;1-5H;9*1-4H3;5*1-2H3. The first-order chi connectivity index (χ1) is 43.9. The number of pyridine rings is 3. The average molecular weight is 1340 g/mol. The van der Waals surface area contributed by atoms with E-state index in [1.54, 1.807) is 12.4 Å². The summed E-state index contributed by atoms with van der Waals surface area (Å²) in [6.07, 6.45) is 7.12. The molecule has 97 heavy (non-hydrogen) atoms. The van der Waals surface area contributed by atoms with Gasteiger partial charge >= 0.3 is 0 Å². The number of rotatable bonds is 0. The highest BCUT2D eigenvalue weighted by Gasteiger charge is 2.00. The Balaban J connectivity index is -0.0000000913. The van der Waals surface area contributed by atoms with E-state index < -0.39 is 0 Å². The lowest BCUT2D eigenvalue weighted by atomic mass is 10.0. The third-order valence-corrected chi connectivity index (χ3v) is 5.92. The van der Waals surface area contributed by atoms with Crippen LogP contribution < -0.4 is 0 Å². The van der Waals surface area contributed by atoms with Crippen LogP contribution in [0.2, 0.25) is 0 Å². The van der Waals surface area contributed by atoms with Crippen LogP contribution >= 0.6 is 0 Å². The smallest absolute Gasteiger partial charge is 0.0701 e. The molecule has 8 aromatic rings. The van der Waals surface area contributed by atoms with E-state index >= 15 is 0 Å². The van der Waals surface area contributed by atoms with Crippen LogP contribution in [0.1, 0.15) is 318 Å². The molecule has 0 saturated carbocycles. The second-order valence-electron chi connectivity index (χ2n) is 35.9. The summed E-state index contributed by atoms with van der Waals surface area (Å²) in [7, 11) is 0. The molecule has 0 unspecified atom stereocenters. The highest BCUT2D eigenvalue weighted by molar-refractivity contribution is 5.82. The van der Waals surface area contributed by atoms with Gasteiger partial charge in [0.15, 0.2) is 0 Å². The summed E-state index contributed by atoms with van der Waals surface area (Å²) in [5.41, 5.74) is 6.62. The first-order valence-electron chi connectivity index (χ1n) is 36.8. The molecule has 0 aliphatic rings. The number of nitrogens with zero attached hydrogens (tertiary/aromatic N) is 3. The third kappa shape index (κ3) is 194. The number of para-hydroxylation sites is 2. The van der Waals surface area contributed by atoms with Gasteiger partial charge in [-0.25, -0.2) is 0 Å². The van der Waals surface area contributed by atoms with Crippen molar-refractivity contribution in [2.75, 3.05) is 0 Å². The molecular formula is C94H171N3. The van der Waals surface area contributed by atoms with Crippen LogP contribution in [-0.2, 0) is 0 Å². The minimum Gasteiger partial charge on any atom is -0.265 e. The summed E-state index contributed by atoms with van der Waals surface area (Å²) in [5, 5.41) is 5.02. The van der Waals surface area contributed by atoms with Crippen molar-refractivity contribution in [1.29, 1.82) is 0 Å². The third-order valence-electron chi connectivity index (χ3n) is 5.92. The molecule has 0 atom stereocenters. The zero-order valence-electron chi connectivity index (χ0n) is 73.9. The van der Waals surface area contributed by atoms with E-state index in [9.17, 15) is 0 Å². The topological polar surface area (TPSA) is 38.7 Å². The fourth-order valence-electron chi connectivity index (χ4n) is 3.86. The van der Waals surface area contributed by atoms with Crippen LogP contribution in [0.25, 0.3) is 32.6 Å². The van der Waals surface area contributed by atoms with Gasteiger partial charge in [-0.3, -0.25) is 15.0 Å². The average Bonchev–Trinajstić information content (AvgIpc) is 0.979. The maximum atomic E-state index is 4.18. The zero-order valence-corrected chi connectivity index (χ0v) is 73.9. The molecule has 3 aromatic heterocycles. The van der Waals surface area contributed by atoms with Gasteiger partial charge in [0.2, 0.25) is 0 Å². The van der Waals surface area contributed by atoms with Crippen molar-refractivity contribution < 1.29 is 0 Å². The molecule has 0 aliphatic heterocycles. The van der Waals surface area contributed by atoms with E-state index in [1.165, 1.54) is 21.5 Å². The van der Waals surface area contributed by atoms with Crippen molar-refractivity contribution in [3.63, 3.8) is 0 Å². The molecule has 0 bridgehead atoms. The lowest BCUT2D eigenvalue weighted by Gasteiger charge is -2.05. The summed E-state index contributed by atoms with van der Waals surface area (Å²) < 4.78 is 0. The summed E-state index contributed by atoms with van der Waals surface area (Å²) >= 11 is 0. The monoisotopic (exact) mass is 1340 g/mol. The summed E-state index contributed by atoms with van der Waals surface area (Å²) in [4.78, 5) is 12.1. The second-order valence-corrected chi connectivity index (χ2v) is 35.9. The van der Waals surface area contributed by atoms with E-state index in [2.05, 4.69) is 337 Å². The molecule has 562 valence electrons. The maximum Gasteiger partial charge on any atom is 0.0701 e. The van der Waals surface area contributed by atoms with Crippen LogP contribution in [0.4, 0.5) is 0 Å². The molecule has 0 spiro atoms. The summed E-state index contributed by atoms with van der Waals surface area (Å²) in [6.45, 7) is 98.8. The number of hydrogen-bond donors (Lipinski definition) is 0. The van der Waals surface area contributed by atoms with Gasteiger partial charge in [0.25, 0.3) is 0 Å². The molecule has 0 amide bonds. The van der Waals surface area contributed by atoms with Crippen LogP contribution in [0.5, 0.6) is 0 Å². The van der Waals surface area contributed by atoms with E-state index in [4.69, 9.17) is 0 Å². The van der Waals surface area contributed by atoms with Gasteiger partial charge in [0.05, 0.1) is 11.0 Å². The molecule has 0 radical (unpaired) electrons. The molecule has 8 rings (SSSR count). The van der Waals surface area contributed by atoms with Crippen LogP contribution in [0.15, 0.2) is 201 Å². The number of fused-ring (bicyclic) bond motifs is 3. The van der Waals surface area contributed by atoms with Crippen molar-refractivity contribution in [3.8, 4) is 0 Å². The molecular weight excluding hydrogens is 1170 g/mol. The predicted molar refractivity (Wildman–Crippen MR) is 461 cm³/mol. The van der Waals surface area contributed by atoms with Gasteiger partial charge in [-0.15, -0.1) is 0 Å². The maximum absolute atomic E-state index is 4.18. The van der Waals surface area contributed by atoms with E-state index in [0.29, 0.717) is 48.7 Å². The molecule has 3 heterocycles. The quantitative estimate of drug-likeness (QED) is 0.152. The first-order valence-corrected chi connectivity index (χ1v) is 36.8. The fraction of sp³-hybridized carbons (Fsp3) is 0.585. The van der Waals surface area contributed by atoms with Crippen molar-refractivity contribution in [2.24, 2.45) is 48.7 Å². The lowest BCUT2D eigenvalue weighted by molar-refractivity contribution is 0.469. The highest BCUT2D eigenvalue weighted by atomic mass is 14.6. The normalized spacial score (nSPS) is 9.96. The number of aromatic nitrogens is 3. The van der Waals surface area contributed by atoms with Crippen LogP contribution in [0, 0.1) is 48.7 Å². The zero-order chi connectivity index (χ0) is 79.4. The van der Waals surface area contributed by atoms with Crippen LogP contribution in [0.3, 0.4) is 0 Å². The Morgan fingerprint density at radius 2 is 0.289 bits per heavy atom. The van der Waals surface area contributed by atoms with Gasteiger partial charge in [-0.1, -0.05) is 458 Å². The van der Waals surface area contributed by atoms with Crippen molar-refractivity contribution in [3.05, 3.63) is 201 Å².